The SMILES string of the molecule is N[C@@H]1CCCCC[C@H]1c1sc2c(NCc3cccs3)cc(Cl)nc2c1Cl. The van der Waals surface area contributed by atoms with Gasteiger partial charge in [0.1, 0.15) is 10.7 Å². The third kappa shape index (κ3) is 3.73. The fraction of sp³-hybridized carbons (Fsp3) is 0.421. The molecule has 1 fully saturated rings. The Labute approximate surface area is 171 Å². The van der Waals surface area contributed by atoms with Gasteiger partial charge in [-0.05, 0) is 24.3 Å². The van der Waals surface area contributed by atoms with E-state index in [4.69, 9.17) is 28.9 Å². The standard InChI is InChI=1S/C19H21Cl2N3S2/c20-15-9-14(23-10-11-5-4-8-25-11)19-17(24-15)16(21)18(26-19)12-6-2-1-3-7-13(12)22/h4-5,8-9,12-13H,1-3,6-7,10,22H2,(H,23,24)/t12-,13-/m1/s1. The summed E-state index contributed by atoms with van der Waals surface area (Å²) in [6.07, 6.45) is 5.83. The maximum atomic E-state index is 6.76. The molecule has 3 aromatic heterocycles. The topological polar surface area (TPSA) is 50.9 Å². The Morgan fingerprint density at radius 1 is 1.23 bits per heavy atom. The van der Waals surface area contributed by atoms with Gasteiger partial charge in [-0.25, -0.2) is 4.98 Å². The highest BCUT2D eigenvalue weighted by Crippen LogP contribution is 2.46. The predicted octanol–water partition coefficient (Wildman–Crippen LogP) is 6.65. The van der Waals surface area contributed by atoms with Crippen molar-refractivity contribution >= 4 is 61.8 Å². The highest BCUT2D eigenvalue weighted by atomic mass is 35.5. The van der Waals surface area contributed by atoms with Crippen molar-refractivity contribution in [3.8, 4) is 0 Å². The Morgan fingerprint density at radius 2 is 2.08 bits per heavy atom. The van der Waals surface area contributed by atoms with Crippen molar-refractivity contribution in [3.05, 3.63) is 43.5 Å². The number of fused-ring (bicyclic) bond motifs is 1. The molecule has 3 N–H and O–H groups in total. The Morgan fingerprint density at radius 3 is 2.88 bits per heavy atom. The van der Waals surface area contributed by atoms with Crippen molar-refractivity contribution in [2.75, 3.05) is 5.32 Å². The molecule has 0 saturated heterocycles. The van der Waals surface area contributed by atoms with E-state index in [2.05, 4.69) is 27.8 Å². The zero-order chi connectivity index (χ0) is 18.1. The van der Waals surface area contributed by atoms with Crippen molar-refractivity contribution in [1.82, 2.24) is 4.98 Å². The van der Waals surface area contributed by atoms with Gasteiger partial charge in [0, 0.05) is 34.3 Å². The molecule has 1 saturated carbocycles. The zero-order valence-corrected chi connectivity index (χ0v) is 17.4. The third-order valence-corrected chi connectivity index (χ3v) is 7.93. The Balaban J connectivity index is 1.72. The number of aromatic nitrogens is 1. The fourth-order valence-electron chi connectivity index (χ4n) is 3.65. The lowest BCUT2D eigenvalue weighted by molar-refractivity contribution is 0.512. The second-order valence-corrected chi connectivity index (χ2v) is 9.64. The number of hydrogen-bond donors (Lipinski definition) is 2. The van der Waals surface area contributed by atoms with Crippen LogP contribution in [0, 0.1) is 0 Å². The molecule has 7 heteroatoms. The van der Waals surface area contributed by atoms with Crippen molar-refractivity contribution < 1.29 is 0 Å². The van der Waals surface area contributed by atoms with E-state index in [0.717, 1.165) is 40.3 Å². The summed E-state index contributed by atoms with van der Waals surface area (Å²) in [7, 11) is 0. The normalized spacial score (nSPS) is 21.0. The van der Waals surface area contributed by atoms with Gasteiger partial charge >= 0.3 is 0 Å². The monoisotopic (exact) mass is 425 g/mol. The smallest absolute Gasteiger partial charge is 0.131 e. The summed E-state index contributed by atoms with van der Waals surface area (Å²) in [5.74, 6) is 0.313. The van der Waals surface area contributed by atoms with Gasteiger partial charge in [0.15, 0.2) is 0 Å². The minimum atomic E-state index is 0.168. The van der Waals surface area contributed by atoms with Crippen LogP contribution in [-0.4, -0.2) is 11.0 Å². The number of halogens is 2. The van der Waals surface area contributed by atoms with Crippen LogP contribution in [0.5, 0.6) is 0 Å². The maximum Gasteiger partial charge on any atom is 0.131 e. The fourth-order valence-corrected chi connectivity index (χ4v) is 6.28. The predicted molar refractivity (Wildman–Crippen MR) is 115 cm³/mol. The second-order valence-electron chi connectivity index (χ2n) is 6.79. The maximum absolute atomic E-state index is 6.76. The number of nitrogens with zero attached hydrogens (tertiary/aromatic N) is 1. The van der Waals surface area contributed by atoms with Gasteiger partial charge in [-0.1, -0.05) is 48.5 Å². The van der Waals surface area contributed by atoms with Crippen LogP contribution in [0.4, 0.5) is 5.69 Å². The van der Waals surface area contributed by atoms with Gasteiger partial charge in [-0.3, -0.25) is 0 Å². The van der Waals surface area contributed by atoms with Crippen LogP contribution in [0.25, 0.3) is 10.2 Å². The number of anilines is 1. The van der Waals surface area contributed by atoms with Crippen LogP contribution >= 0.6 is 45.9 Å². The largest absolute Gasteiger partial charge is 0.379 e. The van der Waals surface area contributed by atoms with E-state index in [9.17, 15) is 0 Å². The number of thiophene rings is 2. The summed E-state index contributed by atoms with van der Waals surface area (Å²) in [4.78, 5) is 6.96. The molecule has 1 aliphatic rings. The van der Waals surface area contributed by atoms with Crippen LogP contribution in [0.1, 0.15) is 47.8 Å². The first kappa shape index (κ1) is 18.5. The molecule has 0 aliphatic heterocycles. The van der Waals surface area contributed by atoms with Crippen molar-refractivity contribution in [3.63, 3.8) is 0 Å². The number of nitrogens with one attached hydrogen (secondary N) is 1. The Bertz CT molecular complexity index is 892. The van der Waals surface area contributed by atoms with Gasteiger partial charge in [-0.2, -0.15) is 0 Å². The lowest BCUT2D eigenvalue weighted by Crippen LogP contribution is -2.26. The summed E-state index contributed by atoms with van der Waals surface area (Å²) in [5, 5.41) is 6.78. The lowest BCUT2D eigenvalue weighted by atomic mass is 9.94. The van der Waals surface area contributed by atoms with Crippen molar-refractivity contribution in [2.45, 2.75) is 50.6 Å². The number of hydrogen-bond acceptors (Lipinski definition) is 5. The van der Waals surface area contributed by atoms with E-state index in [0.29, 0.717) is 11.1 Å². The van der Waals surface area contributed by atoms with Gasteiger partial charge in [0.2, 0.25) is 0 Å². The summed E-state index contributed by atoms with van der Waals surface area (Å²) in [6, 6.07) is 6.24. The number of rotatable bonds is 4. The molecule has 0 spiro atoms. The first-order chi connectivity index (χ1) is 12.6. The minimum Gasteiger partial charge on any atom is -0.379 e. The quantitative estimate of drug-likeness (QED) is 0.363. The molecule has 138 valence electrons. The van der Waals surface area contributed by atoms with Crippen LogP contribution < -0.4 is 11.1 Å². The molecule has 0 aromatic carbocycles. The molecule has 4 rings (SSSR count). The van der Waals surface area contributed by atoms with E-state index in [-0.39, 0.29) is 6.04 Å². The Kier molecular flexibility index (Phi) is 5.72. The molecule has 1 aliphatic carbocycles. The molecule has 26 heavy (non-hydrogen) atoms. The van der Waals surface area contributed by atoms with Crippen LogP contribution in [0.15, 0.2) is 23.6 Å². The molecule has 3 aromatic rings. The van der Waals surface area contributed by atoms with E-state index < -0.39 is 0 Å². The van der Waals surface area contributed by atoms with Gasteiger partial charge in [0.25, 0.3) is 0 Å². The third-order valence-electron chi connectivity index (χ3n) is 5.02. The first-order valence-electron chi connectivity index (χ1n) is 8.93. The van der Waals surface area contributed by atoms with E-state index in [1.54, 1.807) is 22.7 Å². The average molecular weight is 426 g/mol. The minimum absolute atomic E-state index is 0.168. The zero-order valence-electron chi connectivity index (χ0n) is 14.3. The highest BCUT2D eigenvalue weighted by molar-refractivity contribution is 7.20. The summed E-state index contributed by atoms with van der Waals surface area (Å²) >= 11 is 16.5. The van der Waals surface area contributed by atoms with E-state index in [1.807, 2.05) is 6.07 Å². The lowest BCUT2D eigenvalue weighted by Gasteiger charge is -2.20. The van der Waals surface area contributed by atoms with Crippen LogP contribution in [0.3, 0.4) is 0 Å². The average Bonchev–Trinajstić information content (AvgIpc) is 3.19. The van der Waals surface area contributed by atoms with Crippen LogP contribution in [-0.2, 0) is 6.54 Å². The molecular weight excluding hydrogens is 405 g/mol. The first-order valence-corrected chi connectivity index (χ1v) is 11.4. The molecule has 0 amide bonds. The van der Waals surface area contributed by atoms with Gasteiger partial charge in [0.05, 0.1) is 15.4 Å². The highest BCUT2D eigenvalue weighted by Gasteiger charge is 2.28. The van der Waals surface area contributed by atoms with Gasteiger partial charge < -0.3 is 11.1 Å². The molecule has 0 unspecified atom stereocenters. The second kappa shape index (κ2) is 8.03. The molecule has 3 nitrogen and oxygen atoms in total. The van der Waals surface area contributed by atoms with E-state index in [1.165, 1.54) is 29.0 Å². The number of nitrogens with two attached hydrogens (primary N) is 1. The molecule has 2 atom stereocenters. The van der Waals surface area contributed by atoms with Crippen molar-refractivity contribution in [1.29, 1.82) is 0 Å². The summed E-state index contributed by atoms with van der Waals surface area (Å²) < 4.78 is 1.07. The Hall–Kier alpha value is -0.850. The van der Waals surface area contributed by atoms with Crippen LogP contribution in [0.2, 0.25) is 10.2 Å². The summed E-state index contributed by atoms with van der Waals surface area (Å²) in [5.41, 5.74) is 8.27. The summed E-state index contributed by atoms with van der Waals surface area (Å²) in [6.45, 7) is 0.765. The van der Waals surface area contributed by atoms with Crippen molar-refractivity contribution in [2.24, 2.45) is 5.73 Å². The van der Waals surface area contributed by atoms with Gasteiger partial charge in [-0.15, -0.1) is 22.7 Å². The molecule has 3 heterocycles. The van der Waals surface area contributed by atoms with E-state index >= 15 is 0 Å². The molecule has 0 bridgehead atoms. The molecule has 0 radical (unpaired) electrons. The molecular formula is C19H21Cl2N3S2. The number of pyridine rings is 1.